The lowest BCUT2D eigenvalue weighted by atomic mass is 10.2. The number of aromatic nitrogens is 1. The van der Waals surface area contributed by atoms with E-state index in [1.54, 1.807) is 11.3 Å². The Labute approximate surface area is 87.4 Å². The highest BCUT2D eigenvalue weighted by Crippen LogP contribution is 2.33. The van der Waals surface area contributed by atoms with Gasteiger partial charge in [-0.2, -0.15) is 0 Å². The van der Waals surface area contributed by atoms with Crippen molar-refractivity contribution in [2.24, 2.45) is 0 Å². The van der Waals surface area contributed by atoms with Crippen molar-refractivity contribution in [2.75, 3.05) is 6.54 Å². The first-order valence-electron chi connectivity index (χ1n) is 5.19. The molecule has 76 valence electrons. The zero-order valence-corrected chi connectivity index (χ0v) is 8.89. The molecular formula is C10H14N2OS. The molecule has 1 N–H and O–H groups in total. The minimum Gasteiger partial charge on any atom is -0.389 e. The quantitative estimate of drug-likeness (QED) is 0.795. The SMILES string of the molecule is OCc1nc2c(s1)CN(C1CC1)CC2. The summed E-state index contributed by atoms with van der Waals surface area (Å²) in [5, 5.41) is 9.89. The summed E-state index contributed by atoms with van der Waals surface area (Å²) in [6.45, 7) is 2.32. The Bertz CT molecular complexity index is 346. The second kappa shape index (κ2) is 3.29. The Balaban J connectivity index is 1.82. The lowest BCUT2D eigenvalue weighted by molar-refractivity contribution is 0.245. The highest BCUT2D eigenvalue weighted by molar-refractivity contribution is 7.11. The summed E-state index contributed by atoms with van der Waals surface area (Å²) in [6.07, 6.45) is 3.82. The maximum Gasteiger partial charge on any atom is 0.119 e. The van der Waals surface area contributed by atoms with Gasteiger partial charge in [0.15, 0.2) is 0 Å². The Kier molecular flexibility index (Phi) is 2.08. The highest BCUT2D eigenvalue weighted by atomic mass is 32.1. The second-order valence-electron chi connectivity index (χ2n) is 4.09. The molecule has 1 fully saturated rings. The summed E-state index contributed by atoms with van der Waals surface area (Å²) in [4.78, 5) is 8.36. The van der Waals surface area contributed by atoms with Crippen LogP contribution in [0.15, 0.2) is 0 Å². The van der Waals surface area contributed by atoms with Gasteiger partial charge < -0.3 is 5.11 Å². The molecule has 0 aromatic carbocycles. The van der Waals surface area contributed by atoms with Gasteiger partial charge >= 0.3 is 0 Å². The molecule has 0 saturated heterocycles. The predicted molar refractivity (Wildman–Crippen MR) is 55.2 cm³/mol. The third-order valence-electron chi connectivity index (χ3n) is 3.00. The molecule has 1 aliphatic heterocycles. The average molecular weight is 210 g/mol. The Morgan fingerprint density at radius 3 is 3.07 bits per heavy atom. The number of aliphatic hydroxyl groups is 1. The van der Waals surface area contributed by atoms with Crippen LogP contribution in [0.5, 0.6) is 0 Å². The summed E-state index contributed by atoms with van der Waals surface area (Å²) >= 11 is 1.68. The van der Waals surface area contributed by atoms with Crippen molar-refractivity contribution in [1.29, 1.82) is 0 Å². The van der Waals surface area contributed by atoms with Crippen molar-refractivity contribution in [3.05, 3.63) is 15.6 Å². The van der Waals surface area contributed by atoms with Gasteiger partial charge in [0.05, 0.1) is 12.3 Å². The van der Waals surface area contributed by atoms with E-state index in [4.69, 9.17) is 5.11 Å². The minimum absolute atomic E-state index is 0.0983. The maximum atomic E-state index is 9.01. The molecule has 1 aromatic rings. The second-order valence-corrected chi connectivity index (χ2v) is 5.26. The molecule has 14 heavy (non-hydrogen) atoms. The molecule has 1 saturated carbocycles. The molecule has 1 aromatic heterocycles. The van der Waals surface area contributed by atoms with E-state index in [9.17, 15) is 0 Å². The topological polar surface area (TPSA) is 36.4 Å². The van der Waals surface area contributed by atoms with Crippen LogP contribution in [-0.4, -0.2) is 27.6 Å². The van der Waals surface area contributed by atoms with Gasteiger partial charge in [-0.25, -0.2) is 4.98 Å². The number of nitrogens with zero attached hydrogens (tertiary/aromatic N) is 2. The number of hydrogen-bond donors (Lipinski definition) is 1. The molecule has 0 amide bonds. The molecule has 2 heterocycles. The van der Waals surface area contributed by atoms with Crippen molar-refractivity contribution in [2.45, 2.75) is 38.5 Å². The summed E-state index contributed by atoms with van der Waals surface area (Å²) in [7, 11) is 0. The predicted octanol–water partition coefficient (Wildman–Crippen LogP) is 1.16. The fourth-order valence-corrected chi connectivity index (χ4v) is 3.09. The van der Waals surface area contributed by atoms with Crippen LogP contribution in [0.2, 0.25) is 0 Å². The summed E-state index contributed by atoms with van der Waals surface area (Å²) in [6, 6.07) is 0.850. The Morgan fingerprint density at radius 1 is 1.50 bits per heavy atom. The van der Waals surface area contributed by atoms with Gasteiger partial charge in [0, 0.05) is 30.4 Å². The van der Waals surface area contributed by atoms with E-state index >= 15 is 0 Å². The lowest BCUT2D eigenvalue weighted by Crippen LogP contribution is -2.31. The van der Waals surface area contributed by atoms with Crippen LogP contribution in [0.3, 0.4) is 0 Å². The van der Waals surface area contributed by atoms with Crippen molar-refractivity contribution < 1.29 is 5.11 Å². The summed E-state index contributed by atoms with van der Waals surface area (Å²) in [5.74, 6) is 0. The van der Waals surface area contributed by atoms with Crippen molar-refractivity contribution >= 4 is 11.3 Å². The van der Waals surface area contributed by atoms with Gasteiger partial charge in [-0.15, -0.1) is 11.3 Å². The summed E-state index contributed by atoms with van der Waals surface area (Å²) in [5.41, 5.74) is 1.23. The van der Waals surface area contributed by atoms with E-state index < -0.39 is 0 Å². The number of rotatable bonds is 2. The van der Waals surface area contributed by atoms with Gasteiger partial charge in [0.25, 0.3) is 0 Å². The maximum absolute atomic E-state index is 9.01. The first-order chi connectivity index (χ1) is 6.86. The van der Waals surface area contributed by atoms with Crippen LogP contribution in [0.4, 0.5) is 0 Å². The molecule has 3 nitrogen and oxygen atoms in total. The molecule has 3 rings (SSSR count). The van der Waals surface area contributed by atoms with Crippen LogP contribution in [0, 0.1) is 0 Å². The average Bonchev–Trinajstić information content (AvgIpc) is 2.97. The molecule has 0 spiro atoms. The van der Waals surface area contributed by atoms with Gasteiger partial charge in [-0.3, -0.25) is 4.90 Å². The van der Waals surface area contributed by atoms with Gasteiger partial charge in [-0.1, -0.05) is 0 Å². The Hall–Kier alpha value is -0.450. The number of aliphatic hydroxyl groups excluding tert-OH is 1. The molecule has 4 heteroatoms. The smallest absolute Gasteiger partial charge is 0.119 e. The van der Waals surface area contributed by atoms with Crippen molar-refractivity contribution in [1.82, 2.24) is 9.88 Å². The largest absolute Gasteiger partial charge is 0.389 e. The molecular weight excluding hydrogens is 196 g/mol. The van der Waals surface area contributed by atoms with Gasteiger partial charge in [-0.05, 0) is 12.8 Å². The van der Waals surface area contributed by atoms with E-state index in [0.29, 0.717) is 0 Å². The van der Waals surface area contributed by atoms with Crippen LogP contribution >= 0.6 is 11.3 Å². The van der Waals surface area contributed by atoms with E-state index in [1.165, 1.54) is 23.4 Å². The van der Waals surface area contributed by atoms with E-state index in [-0.39, 0.29) is 6.61 Å². The summed E-state index contributed by atoms with van der Waals surface area (Å²) < 4.78 is 0. The van der Waals surface area contributed by atoms with Crippen molar-refractivity contribution in [3.63, 3.8) is 0 Å². The number of hydrogen-bond acceptors (Lipinski definition) is 4. The number of thiazole rings is 1. The van der Waals surface area contributed by atoms with Gasteiger partial charge in [0.1, 0.15) is 5.01 Å². The van der Waals surface area contributed by atoms with E-state index in [0.717, 1.165) is 30.6 Å². The number of fused-ring (bicyclic) bond motifs is 1. The molecule has 2 aliphatic rings. The van der Waals surface area contributed by atoms with E-state index in [2.05, 4.69) is 9.88 Å². The van der Waals surface area contributed by atoms with Crippen LogP contribution in [-0.2, 0) is 19.6 Å². The minimum atomic E-state index is 0.0983. The van der Waals surface area contributed by atoms with Gasteiger partial charge in [0.2, 0.25) is 0 Å². The van der Waals surface area contributed by atoms with Crippen LogP contribution < -0.4 is 0 Å². The standard InChI is InChI=1S/C10H14N2OS/c13-6-10-11-8-3-4-12(7-1-2-7)5-9(8)14-10/h7,13H,1-6H2. The van der Waals surface area contributed by atoms with Crippen LogP contribution in [0.1, 0.15) is 28.4 Å². The highest BCUT2D eigenvalue weighted by Gasteiger charge is 2.32. The molecule has 0 radical (unpaired) electrons. The zero-order valence-electron chi connectivity index (χ0n) is 8.07. The third-order valence-corrected chi connectivity index (χ3v) is 4.07. The molecule has 1 aliphatic carbocycles. The molecule has 0 unspecified atom stereocenters. The van der Waals surface area contributed by atoms with E-state index in [1.807, 2.05) is 0 Å². The lowest BCUT2D eigenvalue weighted by Gasteiger charge is -2.25. The monoisotopic (exact) mass is 210 g/mol. The normalized spacial score (nSPS) is 22.4. The fourth-order valence-electron chi connectivity index (χ4n) is 2.09. The first-order valence-corrected chi connectivity index (χ1v) is 6.01. The first kappa shape index (κ1) is 8.83. The molecule has 0 bridgehead atoms. The van der Waals surface area contributed by atoms with Crippen LogP contribution in [0.25, 0.3) is 0 Å². The molecule has 0 atom stereocenters. The van der Waals surface area contributed by atoms with Crippen molar-refractivity contribution in [3.8, 4) is 0 Å². The fraction of sp³-hybridized carbons (Fsp3) is 0.700. The zero-order chi connectivity index (χ0) is 9.54. The Morgan fingerprint density at radius 2 is 2.36 bits per heavy atom. The third kappa shape index (κ3) is 1.47.